The molecule has 0 aliphatic carbocycles. The summed E-state index contributed by atoms with van der Waals surface area (Å²) in [5.41, 5.74) is 0.582. The third kappa shape index (κ3) is 1.99. The first kappa shape index (κ1) is 12.6. The number of carbonyl (C=O) groups excluding carboxylic acids is 1. The molecule has 1 aliphatic rings. The summed E-state index contributed by atoms with van der Waals surface area (Å²) in [6.07, 6.45) is 1.68. The Balaban J connectivity index is 2.51. The molecule has 4 nitrogen and oxygen atoms in total. The highest BCUT2D eigenvalue weighted by Crippen LogP contribution is 2.38. The van der Waals surface area contributed by atoms with Gasteiger partial charge in [0.25, 0.3) is 5.91 Å². The Morgan fingerprint density at radius 3 is 2.83 bits per heavy atom. The molecule has 18 heavy (non-hydrogen) atoms. The maximum atomic E-state index is 12.3. The maximum Gasteiger partial charge on any atom is 0.270 e. The van der Waals surface area contributed by atoms with Crippen LogP contribution in [0, 0.1) is 0 Å². The number of hydrogen-bond acceptors (Lipinski definition) is 3. The normalized spacial score (nSPS) is 17.1. The van der Waals surface area contributed by atoms with Crippen LogP contribution in [-0.2, 0) is 11.4 Å². The average Bonchev–Trinajstić information content (AvgIpc) is 2.34. The predicted octanol–water partition coefficient (Wildman–Crippen LogP) is 1.87. The Bertz CT molecular complexity index is 494. The Morgan fingerprint density at radius 2 is 2.22 bits per heavy atom. The van der Waals surface area contributed by atoms with Gasteiger partial charge in [0, 0.05) is 6.54 Å². The molecule has 4 heteroatoms. The minimum Gasteiger partial charge on any atom is -0.476 e. The molecule has 1 N–H and O–H groups in total. The number of nitrogens with zero attached hydrogens (tertiary/aromatic N) is 1. The van der Waals surface area contributed by atoms with E-state index < -0.39 is 5.60 Å². The molecule has 1 aliphatic heterocycles. The molecule has 1 amide bonds. The molecule has 0 spiro atoms. The van der Waals surface area contributed by atoms with E-state index in [9.17, 15) is 4.79 Å². The number of anilines is 1. The second-order valence-corrected chi connectivity index (χ2v) is 4.78. The van der Waals surface area contributed by atoms with E-state index in [1.807, 2.05) is 0 Å². The van der Waals surface area contributed by atoms with Gasteiger partial charge in [0.2, 0.25) is 0 Å². The summed E-state index contributed by atoms with van der Waals surface area (Å²) in [6.45, 7) is 7.53. The van der Waals surface area contributed by atoms with Crippen LogP contribution in [0.3, 0.4) is 0 Å². The standard InChI is InChI=1S/C14H17NO3/c1-4-7-15-11-6-5-10(9-16)8-12(11)18-14(2,3)13(15)17/h4-6,8,16H,1,7,9H2,2-3H3. The number of amides is 1. The van der Waals surface area contributed by atoms with Gasteiger partial charge in [-0.15, -0.1) is 6.58 Å². The molecule has 2 rings (SSSR count). The lowest BCUT2D eigenvalue weighted by molar-refractivity contribution is -0.132. The van der Waals surface area contributed by atoms with Gasteiger partial charge in [-0.1, -0.05) is 12.1 Å². The summed E-state index contributed by atoms with van der Waals surface area (Å²) in [4.78, 5) is 13.9. The van der Waals surface area contributed by atoms with Crippen LogP contribution < -0.4 is 9.64 Å². The molecule has 0 atom stereocenters. The van der Waals surface area contributed by atoms with Crippen molar-refractivity contribution < 1.29 is 14.6 Å². The van der Waals surface area contributed by atoms with Gasteiger partial charge in [0.05, 0.1) is 12.3 Å². The van der Waals surface area contributed by atoms with Crippen molar-refractivity contribution >= 4 is 11.6 Å². The molecule has 1 heterocycles. The van der Waals surface area contributed by atoms with Crippen molar-refractivity contribution in [2.24, 2.45) is 0 Å². The number of rotatable bonds is 3. The van der Waals surface area contributed by atoms with Crippen molar-refractivity contribution in [3.63, 3.8) is 0 Å². The largest absolute Gasteiger partial charge is 0.476 e. The molecule has 0 radical (unpaired) electrons. The van der Waals surface area contributed by atoms with Crippen LogP contribution in [0.2, 0.25) is 0 Å². The number of carbonyl (C=O) groups is 1. The quantitative estimate of drug-likeness (QED) is 0.829. The number of aliphatic hydroxyl groups is 1. The highest BCUT2D eigenvalue weighted by Gasteiger charge is 2.40. The van der Waals surface area contributed by atoms with Crippen molar-refractivity contribution in [1.29, 1.82) is 0 Å². The van der Waals surface area contributed by atoms with Gasteiger partial charge >= 0.3 is 0 Å². The Morgan fingerprint density at radius 1 is 1.50 bits per heavy atom. The third-order valence-electron chi connectivity index (χ3n) is 2.93. The van der Waals surface area contributed by atoms with E-state index in [2.05, 4.69) is 6.58 Å². The first-order valence-electron chi connectivity index (χ1n) is 5.85. The fraction of sp³-hybridized carbons (Fsp3) is 0.357. The fourth-order valence-electron chi connectivity index (χ4n) is 2.02. The van der Waals surface area contributed by atoms with Gasteiger partial charge in [-0.25, -0.2) is 0 Å². The zero-order valence-corrected chi connectivity index (χ0v) is 10.6. The molecule has 96 valence electrons. The van der Waals surface area contributed by atoms with Gasteiger partial charge in [0.1, 0.15) is 5.75 Å². The van der Waals surface area contributed by atoms with E-state index in [1.54, 1.807) is 43.0 Å². The fourth-order valence-corrected chi connectivity index (χ4v) is 2.02. The first-order valence-corrected chi connectivity index (χ1v) is 5.85. The van der Waals surface area contributed by atoms with Gasteiger partial charge in [-0.05, 0) is 31.5 Å². The van der Waals surface area contributed by atoms with Crippen molar-refractivity contribution in [3.8, 4) is 5.75 Å². The smallest absolute Gasteiger partial charge is 0.270 e. The highest BCUT2D eigenvalue weighted by molar-refractivity contribution is 6.02. The van der Waals surface area contributed by atoms with Crippen LogP contribution in [0.5, 0.6) is 5.75 Å². The van der Waals surface area contributed by atoms with Crippen LogP contribution in [0.4, 0.5) is 5.69 Å². The van der Waals surface area contributed by atoms with E-state index >= 15 is 0 Å². The Kier molecular flexibility index (Phi) is 3.13. The van der Waals surface area contributed by atoms with Crippen molar-refractivity contribution in [3.05, 3.63) is 36.4 Å². The van der Waals surface area contributed by atoms with E-state index in [-0.39, 0.29) is 12.5 Å². The van der Waals surface area contributed by atoms with Crippen molar-refractivity contribution in [1.82, 2.24) is 0 Å². The Labute approximate surface area is 106 Å². The lowest BCUT2D eigenvalue weighted by atomic mass is 10.0. The summed E-state index contributed by atoms with van der Waals surface area (Å²) < 4.78 is 5.71. The number of fused-ring (bicyclic) bond motifs is 1. The van der Waals surface area contributed by atoms with E-state index in [0.717, 1.165) is 11.3 Å². The summed E-state index contributed by atoms with van der Waals surface area (Å²) in [6, 6.07) is 5.33. The minimum atomic E-state index is -0.899. The molecule has 0 bridgehead atoms. The number of hydrogen-bond donors (Lipinski definition) is 1. The highest BCUT2D eigenvalue weighted by atomic mass is 16.5. The SMILES string of the molecule is C=CCN1C(=O)C(C)(C)Oc2cc(CO)ccc21. The summed E-state index contributed by atoms with van der Waals surface area (Å²) in [5.74, 6) is 0.527. The van der Waals surface area contributed by atoms with Crippen LogP contribution >= 0.6 is 0 Å². The molecule has 0 saturated carbocycles. The van der Waals surface area contributed by atoms with Crippen LogP contribution in [0.25, 0.3) is 0 Å². The molecule has 0 fully saturated rings. The predicted molar refractivity (Wildman–Crippen MR) is 69.6 cm³/mol. The molecule has 1 aromatic carbocycles. The molecule has 0 saturated heterocycles. The van der Waals surface area contributed by atoms with Gasteiger partial charge in [-0.2, -0.15) is 0 Å². The van der Waals surface area contributed by atoms with Gasteiger partial charge in [0.15, 0.2) is 5.60 Å². The Hall–Kier alpha value is -1.81. The van der Waals surface area contributed by atoms with Crippen LogP contribution in [0.15, 0.2) is 30.9 Å². The lowest BCUT2D eigenvalue weighted by Gasteiger charge is -2.38. The van der Waals surface area contributed by atoms with Crippen LogP contribution in [-0.4, -0.2) is 23.2 Å². The molecular weight excluding hydrogens is 230 g/mol. The second kappa shape index (κ2) is 4.46. The molecule has 1 aromatic rings. The number of ether oxygens (including phenoxy) is 1. The average molecular weight is 247 g/mol. The third-order valence-corrected chi connectivity index (χ3v) is 2.93. The van der Waals surface area contributed by atoms with Gasteiger partial charge in [-0.3, -0.25) is 4.79 Å². The lowest BCUT2D eigenvalue weighted by Crippen LogP contribution is -2.52. The monoisotopic (exact) mass is 247 g/mol. The summed E-state index contributed by atoms with van der Waals surface area (Å²) in [5, 5.41) is 9.14. The van der Waals surface area contributed by atoms with Crippen LogP contribution in [0.1, 0.15) is 19.4 Å². The van der Waals surface area contributed by atoms with E-state index in [1.165, 1.54) is 0 Å². The van der Waals surface area contributed by atoms with Crippen molar-refractivity contribution in [2.45, 2.75) is 26.1 Å². The van der Waals surface area contributed by atoms with Gasteiger partial charge < -0.3 is 14.7 Å². The zero-order valence-electron chi connectivity index (χ0n) is 10.6. The topological polar surface area (TPSA) is 49.8 Å². The van der Waals surface area contributed by atoms with Crippen molar-refractivity contribution in [2.75, 3.05) is 11.4 Å². The molecule has 0 unspecified atom stereocenters. The number of aliphatic hydroxyl groups excluding tert-OH is 1. The zero-order chi connectivity index (χ0) is 13.3. The first-order chi connectivity index (χ1) is 8.49. The van der Waals surface area contributed by atoms with E-state index in [0.29, 0.717) is 12.3 Å². The number of benzene rings is 1. The minimum absolute atomic E-state index is 0.0491. The molecular formula is C14H17NO3. The summed E-state index contributed by atoms with van der Waals surface area (Å²) >= 11 is 0. The van der Waals surface area contributed by atoms with E-state index in [4.69, 9.17) is 9.84 Å². The molecule has 0 aromatic heterocycles. The second-order valence-electron chi connectivity index (χ2n) is 4.78. The summed E-state index contributed by atoms with van der Waals surface area (Å²) in [7, 11) is 0. The maximum absolute atomic E-state index is 12.3.